The Morgan fingerprint density at radius 3 is 2.83 bits per heavy atom. The number of hydrogen-bond acceptors (Lipinski definition) is 3. The van der Waals surface area contributed by atoms with Gasteiger partial charge in [0.15, 0.2) is 0 Å². The molecule has 1 aliphatic heterocycles. The molecule has 2 N–H and O–H groups in total. The first kappa shape index (κ1) is 17.3. The Kier molecular flexibility index (Phi) is 6.02. The van der Waals surface area contributed by atoms with Crippen LogP contribution in [0.2, 0.25) is 0 Å². The Balaban J connectivity index is 2.17. The monoisotopic (exact) mass is 318 g/mol. The molecule has 1 aromatic carbocycles. The molecule has 5 heteroatoms. The summed E-state index contributed by atoms with van der Waals surface area (Å²) in [5, 5.41) is 12.3. The van der Waals surface area contributed by atoms with Crippen LogP contribution < -0.4 is 10.2 Å². The maximum absolute atomic E-state index is 11.8. The predicted molar refractivity (Wildman–Crippen MR) is 92.2 cm³/mol. The lowest BCUT2D eigenvalue weighted by Crippen LogP contribution is -2.35. The van der Waals surface area contributed by atoms with E-state index in [0.29, 0.717) is 18.0 Å². The van der Waals surface area contributed by atoms with Crippen molar-refractivity contribution in [3.8, 4) is 0 Å². The van der Waals surface area contributed by atoms with E-state index in [1.54, 1.807) is 12.1 Å². The fraction of sp³-hybridized carbons (Fsp3) is 0.556. The number of nitrogens with one attached hydrogen (secondary N) is 1. The predicted octanol–water partition coefficient (Wildman–Crippen LogP) is 3.75. The first-order chi connectivity index (χ1) is 11.0. The number of rotatable bonds is 6. The Bertz CT molecular complexity index is 571. The van der Waals surface area contributed by atoms with Crippen molar-refractivity contribution in [1.29, 1.82) is 0 Å². The smallest absolute Gasteiger partial charge is 0.337 e. The van der Waals surface area contributed by atoms with Gasteiger partial charge in [0.05, 0.1) is 11.3 Å². The molecule has 1 fully saturated rings. The standard InChI is InChI=1S/C18H26N2O3/c1-3-4-7-17(21)19-14-8-9-16(15(11-14)18(22)23)20-10-5-6-13(2)12-20/h8-9,11,13H,3-7,10,12H2,1-2H3,(H,19,21)(H,22,23)/t13-/m1/s1. The van der Waals surface area contributed by atoms with Crippen LogP contribution in [0.3, 0.4) is 0 Å². The van der Waals surface area contributed by atoms with Crippen LogP contribution in [0.5, 0.6) is 0 Å². The molecule has 126 valence electrons. The van der Waals surface area contributed by atoms with Crippen LogP contribution in [-0.2, 0) is 4.79 Å². The van der Waals surface area contributed by atoms with E-state index in [-0.39, 0.29) is 11.5 Å². The molecule has 1 aliphatic rings. The molecule has 2 rings (SSSR count). The Morgan fingerprint density at radius 2 is 2.17 bits per heavy atom. The number of benzene rings is 1. The molecule has 0 aliphatic carbocycles. The first-order valence-corrected chi connectivity index (χ1v) is 8.43. The number of anilines is 2. The van der Waals surface area contributed by atoms with Gasteiger partial charge in [0, 0.05) is 25.2 Å². The molecule has 1 saturated heterocycles. The summed E-state index contributed by atoms with van der Waals surface area (Å²) < 4.78 is 0. The topological polar surface area (TPSA) is 69.6 Å². The number of nitrogens with zero attached hydrogens (tertiary/aromatic N) is 1. The Morgan fingerprint density at radius 1 is 1.39 bits per heavy atom. The zero-order valence-electron chi connectivity index (χ0n) is 14.0. The lowest BCUT2D eigenvalue weighted by Gasteiger charge is -2.33. The van der Waals surface area contributed by atoms with Gasteiger partial charge in [-0.1, -0.05) is 20.3 Å². The molecule has 1 aromatic rings. The van der Waals surface area contributed by atoms with E-state index in [9.17, 15) is 14.7 Å². The van der Waals surface area contributed by atoms with Gasteiger partial charge in [0.1, 0.15) is 0 Å². The number of carbonyl (C=O) groups excluding carboxylic acids is 1. The van der Waals surface area contributed by atoms with Gasteiger partial charge in [-0.15, -0.1) is 0 Å². The number of hydrogen-bond donors (Lipinski definition) is 2. The second-order valence-corrected chi connectivity index (χ2v) is 6.38. The largest absolute Gasteiger partial charge is 0.478 e. The van der Waals surface area contributed by atoms with Crippen molar-refractivity contribution in [3.63, 3.8) is 0 Å². The molecule has 0 aromatic heterocycles. The number of aromatic carboxylic acids is 1. The van der Waals surface area contributed by atoms with Crippen LogP contribution in [0.15, 0.2) is 18.2 Å². The van der Waals surface area contributed by atoms with Crippen LogP contribution in [0, 0.1) is 5.92 Å². The third-order valence-electron chi connectivity index (χ3n) is 4.27. The summed E-state index contributed by atoms with van der Waals surface area (Å²) in [5.41, 5.74) is 1.56. The van der Waals surface area contributed by atoms with E-state index < -0.39 is 5.97 Å². The Hall–Kier alpha value is -2.04. The van der Waals surface area contributed by atoms with Gasteiger partial charge in [-0.2, -0.15) is 0 Å². The summed E-state index contributed by atoms with van der Waals surface area (Å²) in [6, 6.07) is 5.18. The quantitative estimate of drug-likeness (QED) is 0.838. The van der Waals surface area contributed by atoms with Crippen molar-refractivity contribution in [2.75, 3.05) is 23.3 Å². The van der Waals surface area contributed by atoms with Gasteiger partial charge in [-0.3, -0.25) is 4.79 Å². The number of piperidine rings is 1. The number of unbranched alkanes of at least 4 members (excludes halogenated alkanes) is 1. The minimum Gasteiger partial charge on any atom is -0.478 e. The molecule has 1 atom stereocenters. The van der Waals surface area contributed by atoms with Gasteiger partial charge in [-0.25, -0.2) is 4.79 Å². The fourth-order valence-electron chi connectivity index (χ4n) is 3.03. The average molecular weight is 318 g/mol. The van der Waals surface area contributed by atoms with Crippen molar-refractivity contribution in [2.45, 2.75) is 46.0 Å². The minimum atomic E-state index is -0.956. The molecule has 0 saturated carbocycles. The number of carboxylic acids is 1. The van der Waals surface area contributed by atoms with Crippen molar-refractivity contribution < 1.29 is 14.7 Å². The van der Waals surface area contributed by atoms with Crippen LogP contribution in [0.1, 0.15) is 56.3 Å². The summed E-state index contributed by atoms with van der Waals surface area (Å²) in [6.45, 7) is 5.98. The van der Waals surface area contributed by atoms with Gasteiger partial charge >= 0.3 is 5.97 Å². The SMILES string of the molecule is CCCCC(=O)Nc1ccc(N2CCC[C@@H](C)C2)c(C(=O)O)c1. The van der Waals surface area contributed by atoms with E-state index in [1.165, 1.54) is 6.42 Å². The number of carboxylic acid groups (broad SMARTS) is 1. The highest BCUT2D eigenvalue weighted by molar-refractivity contribution is 5.98. The van der Waals surface area contributed by atoms with Crippen LogP contribution in [0.25, 0.3) is 0 Å². The molecule has 0 radical (unpaired) electrons. The van der Waals surface area contributed by atoms with Gasteiger partial charge in [0.2, 0.25) is 5.91 Å². The maximum Gasteiger partial charge on any atom is 0.337 e. The van der Waals surface area contributed by atoms with E-state index in [2.05, 4.69) is 17.1 Å². The molecule has 0 spiro atoms. The van der Waals surface area contributed by atoms with E-state index in [0.717, 1.165) is 38.0 Å². The van der Waals surface area contributed by atoms with Crippen LogP contribution >= 0.6 is 0 Å². The van der Waals surface area contributed by atoms with Crippen LogP contribution in [-0.4, -0.2) is 30.1 Å². The molecule has 0 unspecified atom stereocenters. The second kappa shape index (κ2) is 7.99. The Labute approximate surface area is 137 Å². The average Bonchev–Trinajstić information content (AvgIpc) is 2.52. The zero-order valence-corrected chi connectivity index (χ0v) is 14.0. The third-order valence-corrected chi connectivity index (χ3v) is 4.27. The first-order valence-electron chi connectivity index (χ1n) is 8.43. The molecule has 1 heterocycles. The summed E-state index contributed by atoms with van der Waals surface area (Å²) in [7, 11) is 0. The molecular weight excluding hydrogens is 292 g/mol. The van der Waals surface area contributed by atoms with Crippen LogP contribution in [0.4, 0.5) is 11.4 Å². The van der Waals surface area contributed by atoms with Crippen molar-refractivity contribution in [2.24, 2.45) is 5.92 Å². The lowest BCUT2D eigenvalue weighted by atomic mass is 9.98. The maximum atomic E-state index is 11.8. The summed E-state index contributed by atoms with van der Waals surface area (Å²) in [5.74, 6) is -0.454. The van der Waals surface area contributed by atoms with Gasteiger partial charge < -0.3 is 15.3 Å². The highest BCUT2D eigenvalue weighted by Gasteiger charge is 2.21. The lowest BCUT2D eigenvalue weighted by molar-refractivity contribution is -0.116. The molecule has 5 nitrogen and oxygen atoms in total. The molecular formula is C18H26N2O3. The van der Waals surface area contributed by atoms with Gasteiger partial charge in [-0.05, 0) is 43.4 Å². The number of carbonyl (C=O) groups is 2. The fourth-order valence-corrected chi connectivity index (χ4v) is 3.03. The summed E-state index contributed by atoms with van der Waals surface area (Å²) >= 11 is 0. The second-order valence-electron chi connectivity index (χ2n) is 6.38. The van der Waals surface area contributed by atoms with Crippen molar-refractivity contribution in [1.82, 2.24) is 0 Å². The minimum absolute atomic E-state index is 0.0671. The van der Waals surface area contributed by atoms with Gasteiger partial charge in [0.25, 0.3) is 0 Å². The van der Waals surface area contributed by atoms with E-state index >= 15 is 0 Å². The zero-order chi connectivity index (χ0) is 16.8. The van der Waals surface area contributed by atoms with Crippen molar-refractivity contribution in [3.05, 3.63) is 23.8 Å². The van der Waals surface area contributed by atoms with E-state index in [1.807, 2.05) is 13.0 Å². The third kappa shape index (κ3) is 4.71. The molecule has 23 heavy (non-hydrogen) atoms. The number of amides is 1. The highest BCUT2D eigenvalue weighted by Crippen LogP contribution is 2.28. The van der Waals surface area contributed by atoms with E-state index in [4.69, 9.17) is 0 Å². The molecule has 0 bridgehead atoms. The van der Waals surface area contributed by atoms with Crippen molar-refractivity contribution >= 4 is 23.3 Å². The highest BCUT2D eigenvalue weighted by atomic mass is 16.4. The normalized spacial score (nSPS) is 17.8. The summed E-state index contributed by atoms with van der Waals surface area (Å²) in [6.07, 6.45) is 4.52. The molecule has 1 amide bonds. The summed E-state index contributed by atoms with van der Waals surface area (Å²) in [4.78, 5) is 25.6.